The Bertz CT molecular complexity index is 1510. The van der Waals surface area contributed by atoms with Crippen LogP contribution in [0.15, 0.2) is 36.5 Å². The van der Waals surface area contributed by atoms with Crippen molar-refractivity contribution < 1.29 is 14.3 Å². The highest BCUT2D eigenvalue weighted by Gasteiger charge is 2.29. The lowest BCUT2D eigenvalue weighted by Gasteiger charge is -2.31. The van der Waals surface area contributed by atoms with Crippen LogP contribution in [-0.2, 0) is 4.79 Å². The van der Waals surface area contributed by atoms with Crippen LogP contribution in [0.2, 0.25) is 0 Å². The second-order valence-electron chi connectivity index (χ2n) is 9.58. The summed E-state index contributed by atoms with van der Waals surface area (Å²) in [5.41, 5.74) is 4.54. The number of benzene rings is 1. The molecule has 1 aliphatic heterocycles. The molecule has 11 nitrogen and oxygen atoms in total. The molecule has 12 heteroatoms. The first-order chi connectivity index (χ1) is 18.2. The second kappa shape index (κ2) is 10.4. The summed E-state index contributed by atoms with van der Waals surface area (Å²) >= 11 is 0. The van der Waals surface area contributed by atoms with Gasteiger partial charge in [0.1, 0.15) is 5.69 Å². The zero-order chi connectivity index (χ0) is 27.0. The Labute approximate surface area is 222 Å². The van der Waals surface area contributed by atoms with Gasteiger partial charge < -0.3 is 20.8 Å². The van der Waals surface area contributed by atoms with Gasteiger partial charge in [0.15, 0.2) is 0 Å². The molecule has 0 spiro atoms. The molecule has 1 saturated heterocycles. The van der Waals surface area contributed by atoms with Crippen LogP contribution < -0.4 is 21.2 Å². The van der Waals surface area contributed by atoms with E-state index in [-0.39, 0.29) is 23.8 Å². The summed E-state index contributed by atoms with van der Waals surface area (Å²) in [6, 6.07) is 9.25. The van der Waals surface area contributed by atoms with Crippen LogP contribution in [0.4, 0.5) is 0 Å². The SMILES string of the molecule is COc1cc(-c2cc(C(=O)N3CCC(C(=O)NC(C)c4ccc5c(c4)c(C)nn5N)CC3)[nH]n2)c(P)cn1. The van der Waals surface area contributed by atoms with Crippen molar-refractivity contribution in [2.75, 3.05) is 26.0 Å². The van der Waals surface area contributed by atoms with E-state index in [0.717, 1.165) is 33.0 Å². The van der Waals surface area contributed by atoms with Crippen LogP contribution in [0.5, 0.6) is 5.88 Å². The Morgan fingerprint density at radius 2 is 2.00 bits per heavy atom. The zero-order valence-corrected chi connectivity index (χ0v) is 22.7. The highest BCUT2D eigenvalue weighted by atomic mass is 31.0. The summed E-state index contributed by atoms with van der Waals surface area (Å²) in [7, 11) is 4.17. The van der Waals surface area contributed by atoms with E-state index >= 15 is 0 Å². The molecular weight excluding hydrogens is 503 g/mol. The first kappa shape index (κ1) is 25.7. The molecule has 2 atom stereocenters. The van der Waals surface area contributed by atoms with Crippen LogP contribution in [0.1, 0.15) is 47.6 Å². The number of carbonyl (C=O) groups excluding carboxylic acids is 2. The Kier molecular flexibility index (Phi) is 7.03. The van der Waals surface area contributed by atoms with Crippen LogP contribution in [0.3, 0.4) is 0 Å². The van der Waals surface area contributed by atoms with E-state index < -0.39 is 0 Å². The lowest BCUT2D eigenvalue weighted by atomic mass is 9.94. The molecule has 38 heavy (non-hydrogen) atoms. The van der Waals surface area contributed by atoms with Crippen molar-refractivity contribution in [1.82, 2.24) is 35.3 Å². The largest absolute Gasteiger partial charge is 0.481 e. The molecule has 4 heterocycles. The lowest BCUT2D eigenvalue weighted by Crippen LogP contribution is -2.43. The molecule has 3 aromatic heterocycles. The normalized spacial score (nSPS) is 15.0. The van der Waals surface area contributed by atoms with Crippen molar-refractivity contribution in [3.8, 4) is 17.1 Å². The summed E-state index contributed by atoms with van der Waals surface area (Å²) in [5.74, 6) is 6.08. The minimum Gasteiger partial charge on any atom is -0.481 e. The molecular formula is C26H31N8O3P. The number of aromatic nitrogens is 5. The zero-order valence-electron chi connectivity index (χ0n) is 21.6. The number of nitrogens with two attached hydrogens (primary N) is 1. The summed E-state index contributed by atoms with van der Waals surface area (Å²) in [5, 5.41) is 16.4. The number of hydrogen-bond acceptors (Lipinski definition) is 7. The topological polar surface area (TPSA) is 144 Å². The van der Waals surface area contributed by atoms with Gasteiger partial charge in [-0.25, -0.2) is 4.98 Å². The number of piperidine rings is 1. The summed E-state index contributed by atoms with van der Waals surface area (Å²) in [6.45, 7) is 4.87. The third kappa shape index (κ3) is 4.93. The fourth-order valence-electron chi connectivity index (χ4n) is 4.86. The van der Waals surface area contributed by atoms with Gasteiger partial charge in [0.2, 0.25) is 11.8 Å². The van der Waals surface area contributed by atoms with Crippen molar-refractivity contribution in [3.63, 3.8) is 0 Å². The summed E-state index contributed by atoms with van der Waals surface area (Å²) in [6.07, 6.45) is 2.88. The van der Waals surface area contributed by atoms with Gasteiger partial charge in [-0.2, -0.15) is 15.0 Å². The van der Waals surface area contributed by atoms with Crippen LogP contribution in [0, 0.1) is 12.8 Å². The molecule has 198 valence electrons. The third-order valence-corrected chi connectivity index (χ3v) is 7.59. The number of fused-ring (bicyclic) bond motifs is 1. The van der Waals surface area contributed by atoms with Gasteiger partial charge in [0.05, 0.1) is 30.1 Å². The van der Waals surface area contributed by atoms with E-state index in [1.807, 2.05) is 32.0 Å². The van der Waals surface area contributed by atoms with Gasteiger partial charge in [0, 0.05) is 42.2 Å². The molecule has 2 unspecified atom stereocenters. The first-order valence-electron chi connectivity index (χ1n) is 12.4. The van der Waals surface area contributed by atoms with Crippen molar-refractivity contribution >= 4 is 37.3 Å². The molecule has 0 aliphatic carbocycles. The monoisotopic (exact) mass is 534 g/mol. The predicted octanol–water partition coefficient (Wildman–Crippen LogP) is 2.08. The van der Waals surface area contributed by atoms with E-state index in [4.69, 9.17) is 10.6 Å². The Morgan fingerprint density at radius 3 is 2.74 bits per heavy atom. The van der Waals surface area contributed by atoms with E-state index in [0.29, 0.717) is 43.2 Å². The van der Waals surface area contributed by atoms with E-state index in [1.165, 1.54) is 4.79 Å². The quantitative estimate of drug-likeness (QED) is 0.254. The summed E-state index contributed by atoms with van der Waals surface area (Å²) in [4.78, 5) is 33.5. The molecule has 0 saturated carbocycles. The molecule has 2 amide bonds. The number of methoxy groups -OCH3 is 1. The van der Waals surface area contributed by atoms with Gasteiger partial charge in [-0.15, -0.1) is 9.24 Å². The number of nitrogens with one attached hydrogen (secondary N) is 2. The first-order valence-corrected chi connectivity index (χ1v) is 13.0. The number of hydrogen-bond donors (Lipinski definition) is 3. The van der Waals surface area contributed by atoms with Crippen molar-refractivity contribution in [3.05, 3.63) is 53.5 Å². The number of nitrogen functional groups attached to an aromatic ring is 1. The standard InChI is InChI=1S/C26H31N8O3P/c1-14(17-4-5-22-18(10-17)15(2)32-34(22)27)29-25(35)16-6-8-33(9-7-16)26(36)21-12-20(30-31-21)19-11-24(37-3)28-13-23(19)38/h4-5,10-14,16H,6-9,27,38H2,1-3H3,(H,29,35)(H,30,31). The number of carbonyl (C=O) groups is 2. The number of pyridine rings is 1. The lowest BCUT2D eigenvalue weighted by molar-refractivity contribution is -0.127. The molecule has 4 aromatic rings. The number of H-pyrrole nitrogens is 1. The smallest absolute Gasteiger partial charge is 0.271 e. The second-order valence-corrected chi connectivity index (χ2v) is 10.2. The molecule has 0 bridgehead atoms. The van der Waals surface area contributed by atoms with Crippen LogP contribution in [0.25, 0.3) is 22.2 Å². The van der Waals surface area contributed by atoms with Crippen molar-refractivity contribution in [2.24, 2.45) is 5.92 Å². The van der Waals surface area contributed by atoms with E-state index in [1.54, 1.807) is 30.3 Å². The average molecular weight is 535 g/mol. The Hall–Kier alpha value is -3.98. The molecule has 4 N–H and O–H groups in total. The maximum absolute atomic E-state index is 13.1. The number of rotatable bonds is 6. The minimum atomic E-state index is -0.163. The van der Waals surface area contributed by atoms with Gasteiger partial charge in [-0.1, -0.05) is 6.07 Å². The van der Waals surface area contributed by atoms with Crippen molar-refractivity contribution in [1.29, 1.82) is 0 Å². The molecule has 1 fully saturated rings. The minimum absolute atomic E-state index is 0.000580. The van der Waals surface area contributed by atoms with Gasteiger partial charge in [-0.3, -0.25) is 14.7 Å². The molecule has 0 radical (unpaired) electrons. The Balaban J connectivity index is 1.18. The Morgan fingerprint density at radius 1 is 1.24 bits per heavy atom. The van der Waals surface area contributed by atoms with Gasteiger partial charge >= 0.3 is 0 Å². The van der Waals surface area contributed by atoms with E-state index in [9.17, 15) is 9.59 Å². The fraction of sp³-hybridized carbons (Fsp3) is 0.346. The van der Waals surface area contributed by atoms with E-state index in [2.05, 4.69) is 34.8 Å². The maximum atomic E-state index is 13.1. The predicted molar refractivity (Wildman–Crippen MR) is 148 cm³/mol. The van der Waals surface area contributed by atoms with Crippen molar-refractivity contribution in [2.45, 2.75) is 32.7 Å². The fourth-order valence-corrected chi connectivity index (χ4v) is 5.17. The number of ether oxygens (including phenoxy) is 1. The number of likely N-dealkylation sites (tertiary alicyclic amines) is 1. The van der Waals surface area contributed by atoms with Gasteiger partial charge in [-0.05, 0) is 55.8 Å². The maximum Gasteiger partial charge on any atom is 0.271 e. The van der Waals surface area contributed by atoms with Gasteiger partial charge in [0.25, 0.3) is 5.91 Å². The highest BCUT2D eigenvalue weighted by Crippen LogP contribution is 2.25. The van der Waals surface area contributed by atoms with Crippen LogP contribution >= 0.6 is 9.24 Å². The average Bonchev–Trinajstić information content (AvgIpc) is 3.53. The molecule has 1 aromatic carbocycles. The number of amides is 2. The number of aryl methyl sites for hydroxylation is 1. The third-order valence-electron chi connectivity index (χ3n) is 7.13. The molecule has 1 aliphatic rings. The molecule has 5 rings (SSSR count). The number of aromatic amines is 1. The summed E-state index contributed by atoms with van der Waals surface area (Å²) < 4.78 is 5.21. The van der Waals surface area contributed by atoms with Crippen LogP contribution in [-0.4, -0.2) is 62.0 Å². The number of nitrogens with zero attached hydrogens (tertiary/aromatic N) is 5. The highest BCUT2D eigenvalue weighted by molar-refractivity contribution is 7.27.